The molecule has 1 aliphatic rings. The van der Waals surface area contributed by atoms with E-state index < -0.39 is 0 Å². The van der Waals surface area contributed by atoms with Crippen molar-refractivity contribution in [1.29, 1.82) is 0 Å². The number of carbonyl (C=O) groups is 1. The first-order chi connectivity index (χ1) is 13.7. The zero-order valence-corrected chi connectivity index (χ0v) is 16.1. The van der Waals surface area contributed by atoms with Gasteiger partial charge in [0.05, 0.1) is 0 Å². The van der Waals surface area contributed by atoms with Crippen LogP contribution in [-0.2, 0) is 0 Å². The lowest BCUT2D eigenvalue weighted by Crippen LogP contribution is -2.33. The number of nitrogens with one attached hydrogen (secondary N) is 1. The van der Waals surface area contributed by atoms with Gasteiger partial charge in [-0.1, -0.05) is 30.3 Å². The fourth-order valence-corrected chi connectivity index (χ4v) is 3.91. The highest BCUT2D eigenvalue weighted by Crippen LogP contribution is 2.28. The third-order valence-electron chi connectivity index (χ3n) is 5.44. The van der Waals surface area contributed by atoms with Crippen LogP contribution in [0, 0.1) is 6.92 Å². The van der Waals surface area contributed by atoms with Crippen molar-refractivity contribution in [2.24, 2.45) is 0 Å². The van der Waals surface area contributed by atoms with Gasteiger partial charge in [-0.3, -0.25) is 9.36 Å². The highest BCUT2D eigenvalue weighted by molar-refractivity contribution is 5.94. The molecular formula is C22H25N5O. The SMILES string of the molecule is Cc1ccccc1[C@@H]1CCN(CCNC(=O)c2cccc(-n3cnnc3)c2)C1. The summed E-state index contributed by atoms with van der Waals surface area (Å²) in [5.74, 6) is 0.543. The summed E-state index contributed by atoms with van der Waals surface area (Å²) in [5.41, 5.74) is 4.35. The largest absolute Gasteiger partial charge is 0.351 e. The Morgan fingerprint density at radius 1 is 1.14 bits per heavy atom. The molecule has 1 aromatic heterocycles. The van der Waals surface area contributed by atoms with Crippen molar-refractivity contribution in [1.82, 2.24) is 25.0 Å². The molecule has 2 aromatic carbocycles. The lowest BCUT2D eigenvalue weighted by Gasteiger charge is -2.17. The molecule has 0 saturated carbocycles. The Morgan fingerprint density at radius 3 is 2.79 bits per heavy atom. The number of carbonyl (C=O) groups excluding carboxylic acids is 1. The van der Waals surface area contributed by atoms with Crippen molar-refractivity contribution >= 4 is 5.91 Å². The van der Waals surface area contributed by atoms with Gasteiger partial charge in [0.25, 0.3) is 5.91 Å². The van der Waals surface area contributed by atoms with Gasteiger partial charge < -0.3 is 10.2 Å². The van der Waals surface area contributed by atoms with E-state index in [1.54, 1.807) is 17.2 Å². The molecular weight excluding hydrogens is 350 g/mol. The van der Waals surface area contributed by atoms with E-state index in [4.69, 9.17) is 0 Å². The van der Waals surface area contributed by atoms with Crippen LogP contribution in [0.25, 0.3) is 5.69 Å². The summed E-state index contributed by atoms with van der Waals surface area (Å²) < 4.78 is 1.78. The van der Waals surface area contributed by atoms with Gasteiger partial charge in [0.1, 0.15) is 12.7 Å². The second-order valence-electron chi connectivity index (χ2n) is 7.32. The number of benzene rings is 2. The number of rotatable bonds is 6. The molecule has 1 amide bonds. The fraction of sp³-hybridized carbons (Fsp3) is 0.318. The number of hydrogen-bond acceptors (Lipinski definition) is 4. The maximum atomic E-state index is 12.5. The summed E-state index contributed by atoms with van der Waals surface area (Å²) in [5, 5.41) is 10.7. The van der Waals surface area contributed by atoms with E-state index >= 15 is 0 Å². The normalized spacial score (nSPS) is 17.0. The quantitative estimate of drug-likeness (QED) is 0.720. The molecule has 0 unspecified atom stereocenters. The van der Waals surface area contributed by atoms with Crippen molar-refractivity contribution < 1.29 is 4.79 Å². The number of aryl methyl sites for hydroxylation is 1. The lowest BCUT2D eigenvalue weighted by molar-refractivity contribution is 0.0949. The molecule has 3 aromatic rings. The van der Waals surface area contributed by atoms with Crippen LogP contribution in [0.1, 0.15) is 33.8 Å². The van der Waals surface area contributed by atoms with Gasteiger partial charge in [-0.2, -0.15) is 0 Å². The first-order valence-electron chi connectivity index (χ1n) is 9.72. The highest BCUT2D eigenvalue weighted by Gasteiger charge is 2.24. The summed E-state index contributed by atoms with van der Waals surface area (Å²) in [6, 6.07) is 16.1. The third kappa shape index (κ3) is 4.12. The number of amides is 1. The standard InChI is InChI=1S/C22H25N5O/c1-17-5-2-3-8-21(17)19-9-11-26(14-19)12-10-23-22(28)18-6-4-7-20(13-18)27-15-24-25-16-27/h2-8,13,15-16,19H,9-12,14H2,1H3,(H,23,28)/t19-/m1/s1. The Morgan fingerprint density at radius 2 is 1.96 bits per heavy atom. The summed E-state index contributed by atoms with van der Waals surface area (Å²) in [6.07, 6.45) is 4.42. The number of nitrogens with zero attached hydrogens (tertiary/aromatic N) is 4. The van der Waals surface area contributed by atoms with E-state index in [-0.39, 0.29) is 5.91 Å². The van der Waals surface area contributed by atoms with E-state index in [9.17, 15) is 4.79 Å². The topological polar surface area (TPSA) is 63.1 Å². The zero-order valence-electron chi connectivity index (χ0n) is 16.1. The Kier molecular flexibility index (Phi) is 5.48. The highest BCUT2D eigenvalue weighted by atomic mass is 16.1. The first-order valence-corrected chi connectivity index (χ1v) is 9.72. The van der Waals surface area contributed by atoms with Gasteiger partial charge >= 0.3 is 0 Å². The average molecular weight is 375 g/mol. The molecule has 1 aliphatic heterocycles. The molecule has 0 bridgehead atoms. The molecule has 0 aliphatic carbocycles. The van der Waals surface area contributed by atoms with Crippen LogP contribution >= 0.6 is 0 Å². The van der Waals surface area contributed by atoms with Crippen LogP contribution in [0.5, 0.6) is 0 Å². The van der Waals surface area contributed by atoms with Crippen LogP contribution in [0.4, 0.5) is 0 Å². The predicted octanol–water partition coefficient (Wildman–Crippen LogP) is 2.80. The fourth-order valence-electron chi connectivity index (χ4n) is 3.91. The Balaban J connectivity index is 1.28. The van der Waals surface area contributed by atoms with Gasteiger partial charge in [-0.05, 0) is 55.1 Å². The van der Waals surface area contributed by atoms with Crippen LogP contribution in [-0.4, -0.2) is 51.8 Å². The number of aromatic nitrogens is 3. The minimum absolute atomic E-state index is 0.0513. The van der Waals surface area contributed by atoms with Gasteiger partial charge in [-0.15, -0.1) is 10.2 Å². The van der Waals surface area contributed by atoms with Crippen molar-refractivity contribution in [2.45, 2.75) is 19.3 Å². The van der Waals surface area contributed by atoms with Crippen molar-refractivity contribution in [3.05, 3.63) is 77.9 Å². The van der Waals surface area contributed by atoms with Gasteiger partial charge in [0.15, 0.2) is 0 Å². The molecule has 0 radical (unpaired) electrons. The first kappa shape index (κ1) is 18.4. The predicted molar refractivity (Wildman–Crippen MR) is 109 cm³/mol. The molecule has 0 spiro atoms. The summed E-state index contributed by atoms with van der Waals surface area (Å²) in [7, 11) is 0. The minimum atomic E-state index is -0.0513. The molecule has 1 fully saturated rings. The van der Waals surface area contributed by atoms with E-state index in [0.29, 0.717) is 18.0 Å². The Labute approximate surface area is 165 Å². The molecule has 1 atom stereocenters. The maximum Gasteiger partial charge on any atom is 0.251 e. The second-order valence-corrected chi connectivity index (χ2v) is 7.32. The smallest absolute Gasteiger partial charge is 0.251 e. The Bertz CT molecular complexity index is 938. The van der Waals surface area contributed by atoms with Crippen LogP contribution < -0.4 is 5.32 Å². The molecule has 28 heavy (non-hydrogen) atoms. The van der Waals surface area contributed by atoms with Crippen LogP contribution in [0.2, 0.25) is 0 Å². The molecule has 144 valence electrons. The maximum absolute atomic E-state index is 12.5. The molecule has 6 heteroatoms. The molecule has 1 saturated heterocycles. The summed E-state index contributed by atoms with van der Waals surface area (Å²) in [4.78, 5) is 14.9. The van der Waals surface area contributed by atoms with Crippen molar-refractivity contribution in [3.63, 3.8) is 0 Å². The van der Waals surface area contributed by atoms with Gasteiger partial charge in [0.2, 0.25) is 0 Å². The summed E-state index contributed by atoms with van der Waals surface area (Å²) >= 11 is 0. The Hall–Kier alpha value is -2.99. The van der Waals surface area contributed by atoms with E-state index in [2.05, 4.69) is 51.6 Å². The third-order valence-corrected chi connectivity index (χ3v) is 5.44. The monoisotopic (exact) mass is 375 g/mol. The number of hydrogen-bond donors (Lipinski definition) is 1. The second kappa shape index (κ2) is 8.35. The van der Waals surface area contributed by atoms with Gasteiger partial charge in [0, 0.05) is 30.9 Å². The van der Waals surface area contributed by atoms with Crippen molar-refractivity contribution in [2.75, 3.05) is 26.2 Å². The van der Waals surface area contributed by atoms with E-state index in [0.717, 1.165) is 25.3 Å². The number of likely N-dealkylation sites (tertiary alicyclic amines) is 1. The van der Waals surface area contributed by atoms with E-state index in [1.807, 2.05) is 24.3 Å². The molecule has 4 rings (SSSR count). The molecule has 6 nitrogen and oxygen atoms in total. The zero-order chi connectivity index (χ0) is 19.3. The van der Waals surface area contributed by atoms with Gasteiger partial charge in [-0.25, -0.2) is 0 Å². The van der Waals surface area contributed by atoms with Crippen molar-refractivity contribution in [3.8, 4) is 5.69 Å². The van der Waals surface area contributed by atoms with Crippen LogP contribution in [0.15, 0.2) is 61.2 Å². The average Bonchev–Trinajstić information content (AvgIpc) is 3.41. The minimum Gasteiger partial charge on any atom is -0.351 e. The lowest BCUT2D eigenvalue weighted by atomic mass is 9.94. The van der Waals surface area contributed by atoms with Crippen LogP contribution in [0.3, 0.4) is 0 Å². The summed E-state index contributed by atoms with van der Waals surface area (Å²) in [6.45, 7) is 5.85. The molecule has 1 N–H and O–H groups in total. The van der Waals surface area contributed by atoms with E-state index in [1.165, 1.54) is 17.5 Å². The molecule has 2 heterocycles.